The van der Waals surface area contributed by atoms with E-state index in [1.807, 2.05) is 0 Å². The number of carbonyl (C=O) groups is 1. The van der Waals surface area contributed by atoms with Crippen molar-refractivity contribution >= 4 is 11.7 Å². The first-order chi connectivity index (χ1) is 13.4. The number of methoxy groups -OCH3 is 1. The van der Waals surface area contributed by atoms with Crippen LogP contribution in [0.3, 0.4) is 0 Å². The lowest BCUT2D eigenvalue weighted by atomic mass is 10.1. The van der Waals surface area contributed by atoms with Gasteiger partial charge in [0, 0.05) is 5.56 Å². The minimum atomic E-state index is -4.54. The highest BCUT2D eigenvalue weighted by Crippen LogP contribution is 2.33. The van der Waals surface area contributed by atoms with Gasteiger partial charge < -0.3 is 19.2 Å². The lowest BCUT2D eigenvalue weighted by molar-refractivity contribution is -0.154. The van der Waals surface area contributed by atoms with Gasteiger partial charge in [0.2, 0.25) is 5.88 Å². The molecule has 7 nitrogen and oxygen atoms in total. The fourth-order valence-electron chi connectivity index (χ4n) is 2.30. The van der Waals surface area contributed by atoms with Gasteiger partial charge in [-0.25, -0.2) is 4.98 Å². The molecule has 2 aromatic heterocycles. The van der Waals surface area contributed by atoms with Gasteiger partial charge in [0.25, 0.3) is 5.91 Å². The highest BCUT2D eigenvalue weighted by atomic mass is 19.4. The second-order valence-corrected chi connectivity index (χ2v) is 5.44. The molecule has 0 atom stereocenters. The largest absolute Gasteiger partial charge is 0.496 e. The number of para-hydroxylation sites is 1. The molecule has 0 aliphatic rings. The highest BCUT2D eigenvalue weighted by molar-refractivity contribution is 6.03. The summed E-state index contributed by atoms with van der Waals surface area (Å²) in [6.45, 7) is -1.54. The van der Waals surface area contributed by atoms with Crippen LogP contribution in [-0.2, 0) is 0 Å². The third-order valence-electron chi connectivity index (χ3n) is 3.47. The Bertz CT molecular complexity index is 959. The molecule has 2 heterocycles. The molecule has 0 saturated carbocycles. The summed E-state index contributed by atoms with van der Waals surface area (Å²) in [7, 11) is 1.45. The molecule has 3 rings (SSSR count). The Kier molecular flexibility index (Phi) is 5.48. The molecule has 1 N–H and O–H groups in total. The number of hydrogen-bond acceptors (Lipinski definition) is 6. The number of rotatable bonds is 6. The van der Waals surface area contributed by atoms with Crippen molar-refractivity contribution in [1.82, 2.24) is 9.97 Å². The average Bonchev–Trinajstić information content (AvgIpc) is 3.21. The van der Waals surface area contributed by atoms with Crippen molar-refractivity contribution < 1.29 is 31.9 Å². The predicted molar refractivity (Wildman–Crippen MR) is 92.2 cm³/mol. The van der Waals surface area contributed by atoms with E-state index in [4.69, 9.17) is 9.15 Å². The first-order valence-corrected chi connectivity index (χ1v) is 7.92. The monoisotopic (exact) mass is 393 g/mol. The smallest absolute Gasteiger partial charge is 0.422 e. The van der Waals surface area contributed by atoms with Crippen LogP contribution in [0.5, 0.6) is 11.6 Å². The molecular weight excluding hydrogens is 379 g/mol. The summed E-state index contributed by atoms with van der Waals surface area (Å²) in [4.78, 5) is 20.4. The zero-order valence-corrected chi connectivity index (χ0v) is 14.5. The number of aromatic nitrogens is 2. The molecule has 0 radical (unpaired) electrons. The number of benzene rings is 1. The minimum Gasteiger partial charge on any atom is -0.496 e. The number of halogens is 3. The van der Waals surface area contributed by atoms with E-state index >= 15 is 0 Å². The van der Waals surface area contributed by atoms with Crippen molar-refractivity contribution in [3.05, 3.63) is 54.6 Å². The fourth-order valence-corrected chi connectivity index (χ4v) is 2.30. The van der Waals surface area contributed by atoms with Crippen molar-refractivity contribution in [2.45, 2.75) is 6.18 Å². The maximum Gasteiger partial charge on any atom is 0.422 e. The van der Waals surface area contributed by atoms with Crippen LogP contribution >= 0.6 is 0 Å². The Labute approximate surface area is 157 Å². The molecular formula is C18H14F3N3O4. The summed E-state index contributed by atoms with van der Waals surface area (Å²) in [5.74, 6) is -0.719. The highest BCUT2D eigenvalue weighted by Gasteiger charge is 2.29. The normalized spacial score (nSPS) is 11.1. The summed E-state index contributed by atoms with van der Waals surface area (Å²) in [6.07, 6.45) is -2.19. The van der Waals surface area contributed by atoms with Crippen LogP contribution in [0.25, 0.3) is 11.3 Å². The fraction of sp³-hybridized carbons (Fsp3) is 0.167. The van der Waals surface area contributed by atoms with Gasteiger partial charge in [0.05, 0.1) is 19.6 Å². The maximum absolute atomic E-state index is 12.4. The SMILES string of the molecule is COc1ccccc1-c1ncc(OCC(F)(F)F)nc1NC(=O)c1ccco1. The van der Waals surface area contributed by atoms with Gasteiger partial charge in [-0.3, -0.25) is 4.79 Å². The third-order valence-corrected chi connectivity index (χ3v) is 3.47. The molecule has 146 valence electrons. The van der Waals surface area contributed by atoms with Crippen molar-refractivity contribution in [1.29, 1.82) is 0 Å². The van der Waals surface area contributed by atoms with Crippen LogP contribution in [0.1, 0.15) is 10.6 Å². The summed E-state index contributed by atoms with van der Waals surface area (Å²) in [5, 5.41) is 2.48. The maximum atomic E-state index is 12.4. The lowest BCUT2D eigenvalue weighted by Crippen LogP contribution is -2.20. The number of nitrogens with one attached hydrogen (secondary N) is 1. The Morgan fingerprint density at radius 1 is 1.21 bits per heavy atom. The molecule has 28 heavy (non-hydrogen) atoms. The second kappa shape index (κ2) is 7.99. The molecule has 0 spiro atoms. The number of alkyl halides is 3. The molecule has 3 aromatic rings. The number of furan rings is 1. The van der Waals surface area contributed by atoms with E-state index in [-0.39, 0.29) is 17.3 Å². The van der Waals surface area contributed by atoms with Gasteiger partial charge >= 0.3 is 6.18 Å². The molecule has 0 aliphatic carbocycles. The lowest BCUT2D eigenvalue weighted by Gasteiger charge is -2.14. The van der Waals surface area contributed by atoms with Crippen molar-refractivity contribution in [3.63, 3.8) is 0 Å². The van der Waals surface area contributed by atoms with Crippen molar-refractivity contribution in [3.8, 4) is 22.9 Å². The zero-order chi connectivity index (χ0) is 20.1. The van der Waals surface area contributed by atoms with Crippen molar-refractivity contribution in [2.75, 3.05) is 19.0 Å². The molecule has 10 heteroatoms. The van der Waals surface area contributed by atoms with Crippen LogP contribution in [0.15, 0.2) is 53.3 Å². The van der Waals surface area contributed by atoms with Gasteiger partial charge in [0.1, 0.15) is 11.4 Å². The van der Waals surface area contributed by atoms with Gasteiger partial charge in [-0.1, -0.05) is 12.1 Å². The number of carbonyl (C=O) groups excluding carboxylic acids is 1. The first-order valence-electron chi connectivity index (χ1n) is 7.92. The molecule has 1 aromatic carbocycles. The van der Waals surface area contributed by atoms with Crippen LogP contribution in [0.2, 0.25) is 0 Å². The Morgan fingerprint density at radius 3 is 2.68 bits per heavy atom. The average molecular weight is 393 g/mol. The molecule has 0 saturated heterocycles. The second-order valence-electron chi connectivity index (χ2n) is 5.44. The van der Waals surface area contributed by atoms with Crippen LogP contribution < -0.4 is 14.8 Å². The number of anilines is 1. The first kappa shape index (κ1) is 19.2. The Hall–Kier alpha value is -3.56. The van der Waals surface area contributed by atoms with E-state index in [9.17, 15) is 18.0 Å². The van der Waals surface area contributed by atoms with Gasteiger partial charge in [-0.2, -0.15) is 18.2 Å². The number of hydrogen-bond donors (Lipinski definition) is 1. The molecule has 0 aliphatic heterocycles. The summed E-state index contributed by atoms with van der Waals surface area (Å²) in [5.41, 5.74) is 0.673. The van der Waals surface area contributed by atoms with Crippen LogP contribution in [0, 0.1) is 0 Å². The topological polar surface area (TPSA) is 86.5 Å². The molecule has 0 unspecified atom stereocenters. The molecule has 0 bridgehead atoms. The van der Waals surface area contributed by atoms with E-state index in [0.29, 0.717) is 11.3 Å². The predicted octanol–water partition coefficient (Wildman–Crippen LogP) is 3.94. The third kappa shape index (κ3) is 4.58. The van der Waals surface area contributed by atoms with Crippen molar-refractivity contribution in [2.24, 2.45) is 0 Å². The van der Waals surface area contributed by atoms with E-state index in [1.54, 1.807) is 24.3 Å². The number of ether oxygens (including phenoxy) is 2. The minimum absolute atomic E-state index is 0.00519. The molecule has 0 fully saturated rings. The van der Waals surface area contributed by atoms with E-state index in [0.717, 1.165) is 6.20 Å². The summed E-state index contributed by atoms with van der Waals surface area (Å²) < 4.78 is 52.1. The summed E-state index contributed by atoms with van der Waals surface area (Å²) in [6, 6.07) is 9.73. The zero-order valence-electron chi connectivity index (χ0n) is 14.5. The Balaban J connectivity index is 1.99. The van der Waals surface area contributed by atoms with Crippen LogP contribution in [-0.4, -0.2) is 35.8 Å². The van der Waals surface area contributed by atoms with Crippen LogP contribution in [0.4, 0.5) is 19.0 Å². The van der Waals surface area contributed by atoms with Gasteiger partial charge in [0.15, 0.2) is 18.2 Å². The van der Waals surface area contributed by atoms with E-state index in [1.165, 1.54) is 25.5 Å². The Morgan fingerprint density at radius 2 is 2.00 bits per heavy atom. The van der Waals surface area contributed by atoms with E-state index < -0.39 is 24.6 Å². The quantitative estimate of drug-likeness (QED) is 0.683. The van der Waals surface area contributed by atoms with Gasteiger partial charge in [-0.05, 0) is 24.3 Å². The molecule has 1 amide bonds. The van der Waals surface area contributed by atoms with Gasteiger partial charge in [-0.15, -0.1) is 0 Å². The van der Waals surface area contributed by atoms with E-state index in [2.05, 4.69) is 20.0 Å². The number of amides is 1. The number of nitrogens with zero attached hydrogens (tertiary/aromatic N) is 2. The summed E-state index contributed by atoms with van der Waals surface area (Å²) >= 11 is 0. The standard InChI is InChI=1S/C18H14F3N3O4/c1-26-12-6-3-2-5-11(12)15-16(24-17(25)13-7-4-8-27-13)23-14(9-22-15)28-10-18(19,20)21/h2-9H,10H2,1H3,(H,23,24,25).